The lowest BCUT2D eigenvalue weighted by atomic mass is 10.2. The van der Waals surface area contributed by atoms with Crippen LogP contribution in [0.25, 0.3) is 0 Å². The van der Waals surface area contributed by atoms with E-state index in [0.717, 1.165) is 10.9 Å². The Bertz CT molecular complexity index is 562. The third-order valence-corrected chi connectivity index (χ3v) is 3.35. The van der Waals surface area contributed by atoms with Crippen LogP contribution >= 0.6 is 22.9 Å². The van der Waals surface area contributed by atoms with Crippen molar-refractivity contribution in [2.24, 2.45) is 0 Å². The third kappa shape index (κ3) is 2.70. The molecule has 0 atom stereocenters. The Kier molecular flexibility index (Phi) is 3.98. The summed E-state index contributed by atoms with van der Waals surface area (Å²) < 4.78 is 32.0. The zero-order valence-electron chi connectivity index (χ0n) is 9.34. The largest absolute Gasteiger partial charge is 0.491 e. The van der Waals surface area contributed by atoms with Crippen LogP contribution in [-0.2, 0) is 6.54 Å². The van der Waals surface area contributed by atoms with Gasteiger partial charge in [0.2, 0.25) is 0 Å². The van der Waals surface area contributed by atoms with E-state index in [2.05, 4.69) is 15.0 Å². The van der Waals surface area contributed by atoms with Crippen LogP contribution in [0.1, 0.15) is 4.88 Å². The number of nitrogens with one attached hydrogen (secondary N) is 1. The molecule has 96 valence electrons. The van der Waals surface area contributed by atoms with Gasteiger partial charge in [0.05, 0.1) is 19.3 Å². The standard InChI is InChI=1S/C11H9ClF2N2OS/c1-17-10-7(13)2-3-8(9(10)14)15-4-6-5-16-11(12)18-6/h2-3,5,15H,4H2,1H3. The molecule has 2 aromatic rings. The van der Waals surface area contributed by atoms with Crippen molar-refractivity contribution in [1.82, 2.24) is 4.98 Å². The van der Waals surface area contributed by atoms with Crippen molar-refractivity contribution in [1.29, 1.82) is 0 Å². The van der Waals surface area contributed by atoms with Gasteiger partial charge in [0.25, 0.3) is 0 Å². The summed E-state index contributed by atoms with van der Waals surface area (Å²) in [6, 6.07) is 2.46. The van der Waals surface area contributed by atoms with Crippen LogP contribution in [-0.4, -0.2) is 12.1 Å². The minimum atomic E-state index is -0.756. The number of benzene rings is 1. The second kappa shape index (κ2) is 5.49. The van der Waals surface area contributed by atoms with Crippen molar-refractivity contribution in [3.05, 3.63) is 39.3 Å². The minimum absolute atomic E-state index is 0.165. The topological polar surface area (TPSA) is 34.1 Å². The molecule has 1 aromatic carbocycles. The number of rotatable bonds is 4. The molecular weight excluding hydrogens is 282 g/mol. The summed E-state index contributed by atoms with van der Waals surface area (Å²) in [6.07, 6.45) is 1.60. The zero-order valence-corrected chi connectivity index (χ0v) is 10.9. The maximum absolute atomic E-state index is 13.8. The monoisotopic (exact) mass is 290 g/mol. The second-order valence-electron chi connectivity index (χ2n) is 3.38. The van der Waals surface area contributed by atoms with Gasteiger partial charge in [0.1, 0.15) is 0 Å². The van der Waals surface area contributed by atoms with Gasteiger partial charge in [0.15, 0.2) is 21.9 Å². The minimum Gasteiger partial charge on any atom is -0.491 e. The second-order valence-corrected chi connectivity index (χ2v) is 5.07. The molecule has 0 radical (unpaired) electrons. The number of nitrogens with zero attached hydrogens (tertiary/aromatic N) is 1. The highest BCUT2D eigenvalue weighted by atomic mass is 35.5. The molecule has 0 spiro atoms. The fourth-order valence-corrected chi connectivity index (χ4v) is 2.32. The number of hydrogen-bond donors (Lipinski definition) is 1. The van der Waals surface area contributed by atoms with Crippen LogP contribution in [0.4, 0.5) is 14.5 Å². The first-order valence-corrected chi connectivity index (χ1v) is 6.17. The molecule has 0 amide bonds. The van der Waals surface area contributed by atoms with E-state index < -0.39 is 17.4 Å². The highest BCUT2D eigenvalue weighted by Gasteiger charge is 2.14. The van der Waals surface area contributed by atoms with Gasteiger partial charge in [-0.15, -0.1) is 11.3 Å². The molecule has 18 heavy (non-hydrogen) atoms. The van der Waals surface area contributed by atoms with E-state index >= 15 is 0 Å². The molecule has 1 N–H and O–H groups in total. The summed E-state index contributed by atoms with van der Waals surface area (Å²) in [5.74, 6) is -1.89. The molecule has 1 heterocycles. The molecule has 0 aliphatic heterocycles. The molecule has 0 aliphatic rings. The first-order chi connectivity index (χ1) is 8.61. The summed E-state index contributed by atoms with van der Waals surface area (Å²) in [4.78, 5) is 4.71. The lowest BCUT2D eigenvalue weighted by molar-refractivity contribution is 0.360. The van der Waals surface area contributed by atoms with Crippen molar-refractivity contribution < 1.29 is 13.5 Å². The number of thiazole rings is 1. The Hall–Kier alpha value is -1.40. The number of hydrogen-bond acceptors (Lipinski definition) is 4. The van der Waals surface area contributed by atoms with Crippen LogP contribution < -0.4 is 10.1 Å². The quantitative estimate of drug-likeness (QED) is 0.932. The van der Waals surface area contributed by atoms with Crippen molar-refractivity contribution in [2.45, 2.75) is 6.54 Å². The lowest BCUT2D eigenvalue weighted by Crippen LogP contribution is -2.02. The number of halogens is 3. The Labute approximate surface area is 111 Å². The highest BCUT2D eigenvalue weighted by Crippen LogP contribution is 2.28. The van der Waals surface area contributed by atoms with E-state index in [1.807, 2.05) is 0 Å². The molecule has 0 aliphatic carbocycles. The molecule has 0 saturated heterocycles. The number of methoxy groups -OCH3 is 1. The third-order valence-electron chi connectivity index (χ3n) is 2.23. The number of aromatic nitrogens is 1. The average molecular weight is 291 g/mol. The molecule has 0 saturated carbocycles. The molecule has 0 bridgehead atoms. The zero-order chi connectivity index (χ0) is 13.1. The van der Waals surface area contributed by atoms with Gasteiger partial charge >= 0.3 is 0 Å². The first-order valence-electron chi connectivity index (χ1n) is 4.98. The number of ether oxygens (including phenoxy) is 1. The summed E-state index contributed by atoms with van der Waals surface area (Å²) in [5.41, 5.74) is 0.165. The first kappa shape index (κ1) is 13.0. The Morgan fingerprint density at radius 2 is 2.22 bits per heavy atom. The van der Waals surface area contributed by atoms with Gasteiger partial charge in [-0.25, -0.2) is 13.8 Å². The normalized spacial score (nSPS) is 10.4. The SMILES string of the molecule is COc1c(F)ccc(NCc2cnc(Cl)s2)c1F. The van der Waals surface area contributed by atoms with E-state index in [9.17, 15) is 8.78 Å². The van der Waals surface area contributed by atoms with Crippen molar-refractivity contribution in [3.63, 3.8) is 0 Å². The molecule has 0 unspecified atom stereocenters. The fourth-order valence-electron chi connectivity index (χ4n) is 1.40. The van der Waals surface area contributed by atoms with Crippen LogP contribution in [0.15, 0.2) is 18.3 Å². The van der Waals surface area contributed by atoms with Crippen LogP contribution in [0.3, 0.4) is 0 Å². The van der Waals surface area contributed by atoms with E-state index in [1.165, 1.54) is 24.5 Å². The molecule has 2 rings (SSSR count). The predicted molar refractivity (Wildman–Crippen MR) is 67.4 cm³/mol. The highest BCUT2D eigenvalue weighted by molar-refractivity contribution is 7.15. The lowest BCUT2D eigenvalue weighted by Gasteiger charge is -2.09. The van der Waals surface area contributed by atoms with Crippen LogP contribution in [0.2, 0.25) is 4.47 Å². The van der Waals surface area contributed by atoms with Gasteiger partial charge in [-0.3, -0.25) is 0 Å². The predicted octanol–water partition coefficient (Wildman–Crippen LogP) is 3.70. The van der Waals surface area contributed by atoms with Gasteiger partial charge in [-0.05, 0) is 12.1 Å². The molecule has 7 heteroatoms. The van der Waals surface area contributed by atoms with E-state index in [1.54, 1.807) is 6.20 Å². The smallest absolute Gasteiger partial charge is 0.192 e. The molecule has 1 aromatic heterocycles. The Morgan fingerprint density at radius 3 is 2.83 bits per heavy atom. The maximum Gasteiger partial charge on any atom is 0.192 e. The van der Waals surface area contributed by atoms with Gasteiger partial charge in [-0.2, -0.15) is 0 Å². The molecule has 3 nitrogen and oxygen atoms in total. The van der Waals surface area contributed by atoms with E-state index in [-0.39, 0.29) is 5.69 Å². The van der Waals surface area contributed by atoms with Gasteiger partial charge < -0.3 is 10.1 Å². The fraction of sp³-hybridized carbons (Fsp3) is 0.182. The summed E-state index contributed by atoms with van der Waals surface area (Å²) in [6.45, 7) is 0.357. The molecular formula is C11H9ClF2N2OS. The van der Waals surface area contributed by atoms with Crippen molar-refractivity contribution in [2.75, 3.05) is 12.4 Å². The Morgan fingerprint density at radius 1 is 1.44 bits per heavy atom. The van der Waals surface area contributed by atoms with Gasteiger partial charge in [-0.1, -0.05) is 11.6 Å². The van der Waals surface area contributed by atoms with E-state index in [4.69, 9.17) is 11.6 Å². The summed E-state index contributed by atoms with van der Waals surface area (Å²) >= 11 is 6.97. The summed E-state index contributed by atoms with van der Waals surface area (Å²) in [7, 11) is 1.22. The van der Waals surface area contributed by atoms with E-state index in [0.29, 0.717) is 11.0 Å². The Balaban J connectivity index is 2.14. The average Bonchev–Trinajstić information content (AvgIpc) is 2.75. The molecule has 0 fully saturated rings. The van der Waals surface area contributed by atoms with Crippen LogP contribution in [0.5, 0.6) is 5.75 Å². The summed E-state index contributed by atoms with van der Waals surface area (Å²) in [5, 5.41) is 2.83. The number of anilines is 1. The van der Waals surface area contributed by atoms with Gasteiger partial charge in [0, 0.05) is 11.1 Å². The van der Waals surface area contributed by atoms with Crippen LogP contribution in [0, 0.1) is 11.6 Å². The van der Waals surface area contributed by atoms with Crippen molar-refractivity contribution in [3.8, 4) is 5.75 Å². The van der Waals surface area contributed by atoms with Crippen molar-refractivity contribution >= 4 is 28.6 Å². The maximum atomic E-state index is 13.8.